The molecule has 2 heterocycles. The van der Waals surface area contributed by atoms with E-state index in [1.807, 2.05) is 36.4 Å². The van der Waals surface area contributed by atoms with Gasteiger partial charge in [0.2, 0.25) is 5.91 Å². The highest BCUT2D eigenvalue weighted by atomic mass is 16.5. The van der Waals surface area contributed by atoms with Crippen molar-refractivity contribution in [1.29, 1.82) is 0 Å². The normalized spacial score (nSPS) is 17.2. The first-order chi connectivity index (χ1) is 10.8. The molecule has 0 saturated carbocycles. The molecule has 1 saturated heterocycles. The highest BCUT2D eigenvalue weighted by Gasteiger charge is 2.22. The summed E-state index contributed by atoms with van der Waals surface area (Å²) in [6.07, 6.45) is 4.40. The van der Waals surface area contributed by atoms with Crippen molar-refractivity contribution in [3.63, 3.8) is 0 Å². The number of ether oxygens (including phenoxy) is 1. The molecule has 0 spiro atoms. The van der Waals surface area contributed by atoms with E-state index in [2.05, 4.69) is 15.6 Å². The molecule has 3 rings (SSSR count). The second kappa shape index (κ2) is 7.04. The van der Waals surface area contributed by atoms with Gasteiger partial charge in [0.05, 0.1) is 5.92 Å². The molecule has 1 aliphatic rings. The van der Waals surface area contributed by atoms with Gasteiger partial charge in [0.25, 0.3) is 0 Å². The fourth-order valence-corrected chi connectivity index (χ4v) is 2.44. The number of benzene rings is 1. The molecule has 5 nitrogen and oxygen atoms in total. The number of rotatable bonds is 5. The fourth-order valence-electron chi connectivity index (χ4n) is 2.44. The number of aromatic nitrogens is 1. The summed E-state index contributed by atoms with van der Waals surface area (Å²) in [4.78, 5) is 16.2. The second-order valence-corrected chi connectivity index (χ2v) is 5.36. The molecule has 1 aliphatic heterocycles. The fraction of sp³-hybridized carbons (Fsp3) is 0.294. The molecule has 1 fully saturated rings. The Morgan fingerprint density at radius 3 is 3.09 bits per heavy atom. The Morgan fingerprint density at radius 2 is 2.32 bits per heavy atom. The SMILES string of the molecule is O=C(Nc1cccc(OCc2cccnc2)c1)C1CCNC1. The summed E-state index contributed by atoms with van der Waals surface area (Å²) in [6.45, 7) is 2.12. The monoisotopic (exact) mass is 297 g/mol. The van der Waals surface area contributed by atoms with Crippen molar-refractivity contribution in [3.8, 4) is 5.75 Å². The Kier molecular flexibility index (Phi) is 4.65. The summed E-state index contributed by atoms with van der Waals surface area (Å²) in [5, 5.41) is 6.15. The first-order valence-electron chi connectivity index (χ1n) is 7.44. The van der Waals surface area contributed by atoms with E-state index in [1.54, 1.807) is 12.4 Å². The molecule has 2 aromatic rings. The van der Waals surface area contributed by atoms with Gasteiger partial charge in [-0.3, -0.25) is 9.78 Å². The third-order valence-electron chi connectivity index (χ3n) is 3.66. The maximum atomic E-state index is 12.1. The Bertz CT molecular complexity index is 625. The van der Waals surface area contributed by atoms with Crippen LogP contribution >= 0.6 is 0 Å². The molecule has 1 aromatic heterocycles. The zero-order valence-electron chi connectivity index (χ0n) is 12.3. The molecule has 0 aliphatic carbocycles. The smallest absolute Gasteiger partial charge is 0.228 e. The highest BCUT2D eigenvalue weighted by Crippen LogP contribution is 2.20. The van der Waals surface area contributed by atoms with E-state index < -0.39 is 0 Å². The standard InChI is InChI=1S/C17H19N3O2/c21-17(14-6-8-19-11-14)20-15-4-1-5-16(9-15)22-12-13-3-2-7-18-10-13/h1-5,7,9-10,14,19H,6,8,11-12H2,(H,20,21). The van der Waals surface area contributed by atoms with Crippen LogP contribution in [0.4, 0.5) is 5.69 Å². The average molecular weight is 297 g/mol. The van der Waals surface area contributed by atoms with Crippen molar-refractivity contribution >= 4 is 11.6 Å². The van der Waals surface area contributed by atoms with E-state index in [-0.39, 0.29) is 11.8 Å². The first-order valence-corrected chi connectivity index (χ1v) is 7.44. The molecule has 1 atom stereocenters. The number of anilines is 1. The zero-order valence-corrected chi connectivity index (χ0v) is 12.3. The van der Waals surface area contributed by atoms with Gasteiger partial charge in [0.15, 0.2) is 0 Å². The van der Waals surface area contributed by atoms with Crippen molar-refractivity contribution in [2.75, 3.05) is 18.4 Å². The van der Waals surface area contributed by atoms with Crippen LogP contribution in [0.3, 0.4) is 0 Å². The van der Waals surface area contributed by atoms with Gasteiger partial charge in [0.1, 0.15) is 12.4 Å². The van der Waals surface area contributed by atoms with Crippen molar-refractivity contribution in [2.45, 2.75) is 13.0 Å². The molecular weight excluding hydrogens is 278 g/mol. The van der Waals surface area contributed by atoms with Gasteiger partial charge < -0.3 is 15.4 Å². The number of hydrogen-bond acceptors (Lipinski definition) is 4. The summed E-state index contributed by atoms with van der Waals surface area (Å²) in [6, 6.07) is 11.3. The van der Waals surface area contributed by atoms with Gasteiger partial charge >= 0.3 is 0 Å². The molecule has 114 valence electrons. The molecule has 0 radical (unpaired) electrons. The van der Waals surface area contributed by atoms with Gasteiger partial charge in [-0.15, -0.1) is 0 Å². The lowest BCUT2D eigenvalue weighted by Crippen LogP contribution is -2.24. The van der Waals surface area contributed by atoms with Crippen molar-refractivity contribution in [3.05, 3.63) is 54.4 Å². The lowest BCUT2D eigenvalue weighted by molar-refractivity contribution is -0.119. The predicted octanol–water partition coefficient (Wildman–Crippen LogP) is 2.21. The zero-order chi connectivity index (χ0) is 15.2. The summed E-state index contributed by atoms with van der Waals surface area (Å²) in [5.41, 5.74) is 1.77. The maximum Gasteiger partial charge on any atom is 0.228 e. The minimum atomic E-state index is 0.0555. The van der Waals surface area contributed by atoms with Crippen LogP contribution in [-0.4, -0.2) is 24.0 Å². The van der Waals surface area contributed by atoms with Crippen molar-refractivity contribution < 1.29 is 9.53 Å². The average Bonchev–Trinajstić information content (AvgIpc) is 3.09. The largest absolute Gasteiger partial charge is 0.489 e. The van der Waals surface area contributed by atoms with Crippen molar-refractivity contribution in [2.24, 2.45) is 5.92 Å². The number of pyridine rings is 1. The van der Waals surface area contributed by atoms with Gasteiger partial charge in [-0.2, -0.15) is 0 Å². The van der Waals surface area contributed by atoms with E-state index in [4.69, 9.17) is 4.74 Å². The third-order valence-corrected chi connectivity index (χ3v) is 3.66. The van der Waals surface area contributed by atoms with Gasteiger partial charge in [-0.05, 0) is 31.2 Å². The Morgan fingerprint density at radius 1 is 1.36 bits per heavy atom. The number of carbonyl (C=O) groups excluding carboxylic acids is 1. The van der Waals surface area contributed by atoms with Crippen LogP contribution in [0.2, 0.25) is 0 Å². The number of nitrogens with one attached hydrogen (secondary N) is 2. The molecule has 5 heteroatoms. The summed E-state index contributed by atoms with van der Waals surface area (Å²) < 4.78 is 5.74. The Labute approximate surface area is 129 Å². The minimum absolute atomic E-state index is 0.0555. The van der Waals surface area contributed by atoms with Crippen LogP contribution in [0.25, 0.3) is 0 Å². The van der Waals surface area contributed by atoms with Crippen LogP contribution in [-0.2, 0) is 11.4 Å². The molecule has 0 bridgehead atoms. The molecule has 1 unspecified atom stereocenters. The van der Waals surface area contributed by atoms with Gasteiger partial charge in [-0.25, -0.2) is 0 Å². The van der Waals surface area contributed by atoms with Crippen LogP contribution < -0.4 is 15.4 Å². The molecule has 22 heavy (non-hydrogen) atoms. The first kappa shape index (κ1) is 14.5. The van der Waals surface area contributed by atoms with E-state index in [1.165, 1.54) is 0 Å². The minimum Gasteiger partial charge on any atom is -0.489 e. The highest BCUT2D eigenvalue weighted by molar-refractivity contribution is 5.93. The maximum absolute atomic E-state index is 12.1. The Balaban J connectivity index is 1.58. The summed E-state index contributed by atoms with van der Waals surface area (Å²) in [5.74, 6) is 0.848. The van der Waals surface area contributed by atoms with Crippen molar-refractivity contribution in [1.82, 2.24) is 10.3 Å². The van der Waals surface area contributed by atoms with Crippen LogP contribution in [0.5, 0.6) is 5.75 Å². The van der Waals surface area contributed by atoms with Crippen LogP contribution in [0, 0.1) is 5.92 Å². The Hall–Kier alpha value is -2.40. The molecule has 2 N–H and O–H groups in total. The third kappa shape index (κ3) is 3.83. The van der Waals surface area contributed by atoms with Crippen LogP contribution in [0.1, 0.15) is 12.0 Å². The van der Waals surface area contributed by atoms with E-state index >= 15 is 0 Å². The lowest BCUT2D eigenvalue weighted by atomic mass is 10.1. The van der Waals surface area contributed by atoms with Gasteiger partial charge in [-0.1, -0.05) is 12.1 Å². The number of nitrogens with zero attached hydrogens (tertiary/aromatic N) is 1. The van der Waals surface area contributed by atoms with E-state index in [9.17, 15) is 4.79 Å². The number of carbonyl (C=O) groups is 1. The molecule has 1 amide bonds. The lowest BCUT2D eigenvalue weighted by Gasteiger charge is -2.11. The summed E-state index contributed by atoms with van der Waals surface area (Å²) in [7, 11) is 0. The quantitative estimate of drug-likeness (QED) is 0.888. The number of amides is 1. The van der Waals surface area contributed by atoms with E-state index in [0.29, 0.717) is 6.61 Å². The number of hydrogen-bond donors (Lipinski definition) is 2. The molecular formula is C17H19N3O2. The topological polar surface area (TPSA) is 63.2 Å². The van der Waals surface area contributed by atoms with E-state index in [0.717, 1.165) is 36.5 Å². The van der Waals surface area contributed by atoms with Gasteiger partial charge in [0, 0.05) is 36.3 Å². The summed E-state index contributed by atoms with van der Waals surface area (Å²) >= 11 is 0. The second-order valence-electron chi connectivity index (χ2n) is 5.36. The van der Waals surface area contributed by atoms with Crippen LogP contribution in [0.15, 0.2) is 48.8 Å². The predicted molar refractivity (Wildman–Crippen MR) is 84.6 cm³/mol. The molecule has 1 aromatic carbocycles.